The van der Waals surface area contributed by atoms with Crippen LogP contribution in [-0.2, 0) is 10.3 Å². The summed E-state index contributed by atoms with van der Waals surface area (Å²) in [6, 6.07) is 0. The number of hydrogen-bond donors (Lipinski definition) is 1. The van der Waals surface area contributed by atoms with Crippen molar-refractivity contribution < 1.29 is 4.74 Å². The summed E-state index contributed by atoms with van der Waals surface area (Å²) >= 11 is 1.63. The molecule has 14 heavy (non-hydrogen) atoms. The predicted molar refractivity (Wildman–Crippen MR) is 60.5 cm³/mol. The van der Waals surface area contributed by atoms with Gasteiger partial charge in [-0.05, 0) is 19.8 Å². The maximum Gasteiger partial charge on any atom is 0.137 e. The van der Waals surface area contributed by atoms with Gasteiger partial charge in [-0.3, -0.25) is 0 Å². The Kier molecular flexibility index (Phi) is 3.50. The van der Waals surface area contributed by atoms with Crippen LogP contribution in [0.3, 0.4) is 0 Å². The summed E-state index contributed by atoms with van der Waals surface area (Å²) in [5.74, 6) is 0.633. The SMILES string of the molecule is CCC(CC)(OC)c1nc(N)c(C)s1. The highest BCUT2D eigenvalue weighted by atomic mass is 32.1. The molecule has 0 aliphatic heterocycles. The molecule has 1 aromatic heterocycles. The van der Waals surface area contributed by atoms with Crippen LogP contribution in [0.5, 0.6) is 0 Å². The van der Waals surface area contributed by atoms with Gasteiger partial charge in [-0.15, -0.1) is 11.3 Å². The van der Waals surface area contributed by atoms with E-state index in [1.54, 1.807) is 18.4 Å². The van der Waals surface area contributed by atoms with Gasteiger partial charge in [0.05, 0.1) is 0 Å². The average molecular weight is 214 g/mol. The third-order valence-corrected chi connectivity index (χ3v) is 3.93. The molecular weight excluding hydrogens is 196 g/mol. The summed E-state index contributed by atoms with van der Waals surface area (Å²) in [6.45, 7) is 6.21. The number of anilines is 1. The third-order valence-electron chi connectivity index (χ3n) is 2.76. The van der Waals surface area contributed by atoms with Gasteiger partial charge in [0, 0.05) is 12.0 Å². The highest BCUT2D eigenvalue weighted by molar-refractivity contribution is 7.12. The number of nitrogens with two attached hydrogens (primary N) is 1. The van der Waals surface area contributed by atoms with Crippen LogP contribution in [0.4, 0.5) is 5.82 Å². The average Bonchev–Trinajstić information content (AvgIpc) is 2.51. The molecule has 1 heterocycles. The minimum absolute atomic E-state index is 0.243. The van der Waals surface area contributed by atoms with Crippen molar-refractivity contribution in [2.24, 2.45) is 0 Å². The lowest BCUT2D eigenvalue weighted by Gasteiger charge is -2.27. The maximum absolute atomic E-state index is 5.75. The Morgan fingerprint density at radius 1 is 1.43 bits per heavy atom. The Labute approximate surface area is 89.3 Å². The number of rotatable bonds is 4. The molecule has 0 saturated heterocycles. The van der Waals surface area contributed by atoms with Crippen molar-refractivity contribution in [2.75, 3.05) is 12.8 Å². The number of methoxy groups -OCH3 is 1. The number of ether oxygens (including phenoxy) is 1. The lowest BCUT2D eigenvalue weighted by molar-refractivity contribution is -0.0218. The second-order valence-electron chi connectivity index (χ2n) is 3.37. The maximum atomic E-state index is 5.75. The molecule has 0 atom stereocenters. The minimum Gasteiger partial charge on any atom is -0.383 e. The van der Waals surface area contributed by atoms with Crippen molar-refractivity contribution in [3.63, 3.8) is 0 Å². The zero-order valence-corrected chi connectivity index (χ0v) is 10.1. The fraction of sp³-hybridized carbons (Fsp3) is 0.700. The highest BCUT2D eigenvalue weighted by Crippen LogP contribution is 2.36. The Balaban J connectivity index is 3.10. The summed E-state index contributed by atoms with van der Waals surface area (Å²) in [4.78, 5) is 5.44. The molecule has 3 nitrogen and oxygen atoms in total. The van der Waals surface area contributed by atoms with Crippen molar-refractivity contribution in [3.05, 3.63) is 9.88 Å². The molecule has 80 valence electrons. The van der Waals surface area contributed by atoms with Gasteiger partial charge in [-0.25, -0.2) is 4.98 Å². The van der Waals surface area contributed by atoms with Crippen LogP contribution in [0, 0.1) is 6.92 Å². The van der Waals surface area contributed by atoms with Crippen molar-refractivity contribution >= 4 is 17.2 Å². The fourth-order valence-electron chi connectivity index (χ4n) is 1.53. The topological polar surface area (TPSA) is 48.1 Å². The van der Waals surface area contributed by atoms with Crippen molar-refractivity contribution in [3.8, 4) is 0 Å². The number of nitrogen functional groups attached to an aromatic ring is 1. The molecule has 1 aromatic rings. The standard InChI is InChI=1S/C10H18N2OS/c1-5-10(6-2,13-4)9-12-8(11)7(3)14-9/h5-6,11H2,1-4H3. The molecule has 0 fully saturated rings. The Morgan fingerprint density at radius 3 is 2.29 bits per heavy atom. The van der Waals surface area contributed by atoms with Gasteiger partial charge in [0.15, 0.2) is 0 Å². The van der Waals surface area contributed by atoms with Crippen LogP contribution < -0.4 is 5.73 Å². The van der Waals surface area contributed by atoms with E-state index < -0.39 is 0 Å². The van der Waals surface area contributed by atoms with Crippen molar-refractivity contribution in [2.45, 2.75) is 39.2 Å². The Hall–Kier alpha value is -0.610. The van der Waals surface area contributed by atoms with Crippen LogP contribution in [0.2, 0.25) is 0 Å². The van der Waals surface area contributed by atoms with Gasteiger partial charge in [-0.2, -0.15) is 0 Å². The van der Waals surface area contributed by atoms with E-state index in [0.29, 0.717) is 5.82 Å². The molecule has 0 aliphatic carbocycles. The van der Waals surface area contributed by atoms with Crippen molar-refractivity contribution in [1.82, 2.24) is 4.98 Å². The van der Waals surface area contributed by atoms with E-state index in [-0.39, 0.29) is 5.60 Å². The molecule has 0 saturated carbocycles. The lowest BCUT2D eigenvalue weighted by Crippen LogP contribution is -2.26. The summed E-state index contributed by atoms with van der Waals surface area (Å²) in [7, 11) is 1.74. The Bertz CT molecular complexity index is 277. The molecular formula is C10H18N2OS. The largest absolute Gasteiger partial charge is 0.383 e. The van der Waals surface area contributed by atoms with Gasteiger partial charge >= 0.3 is 0 Å². The van der Waals surface area contributed by atoms with E-state index in [0.717, 1.165) is 22.7 Å². The van der Waals surface area contributed by atoms with Gasteiger partial charge in [0.2, 0.25) is 0 Å². The summed E-state index contributed by atoms with van der Waals surface area (Å²) < 4.78 is 5.58. The van der Waals surface area contributed by atoms with Crippen LogP contribution in [-0.4, -0.2) is 12.1 Å². The van der Waals surface area contributed by atoms with E-state index in [1.807, 2.05) is 6.92 Å². The van der Waals surface area contributed by atoms with Gasteiger partial charge in [-0.1, -0.05) is 13.8 Å². The fourth-order valence-corrected chi connectivity index (χ4v) is 2.67. The van der Waals surface area contributed by atoms with E-state index in [1.165, 1.54) is 0 Å². The second kappa shape index (κ2) is 4.28. The monoisotopic (exact) mass is 214 g/mol. The number of aryl methyl sites for hydroxylation is 1. The lowest BCUT2D eigenvalue weighted by atomic mass is 9.98. The molecule has 2 N–H and O–H groups in total. The first kappa shape index (κ1) is 11.5. The Morgan fingerprint density at radius 2 is 2.00 bits per heavy atom. The summed E-state index contributed by atoms with van der Waals surface area (Å²) in [5, 5.41) is 1.00. The number of thiazole rings is 1. The van der Waals surface area contributed by atoms with Crippen LogP contribution in [0.15, 0.2) is 0 Å². The molecule has 1 rings (SSSR count). The molecule has 4 heteroatoms. The van der Waals surface area contributed by atoms with Gasteiger partial charge < -0.3 is 10.5 Å². The number of hydrogen-bond acceptors (Lipinski definition) is 4. The molecule has 0 spiro atoms. The first-order chi connectivity index (χ1) is 6.59. The predicted octanol–water partition coefficient (Wildman–Crippen LogP) is 2.70. The molecule has 0 bridgehead atoms. The first-order valence-electron chi connectivity index (χ1n) is 4.88. The first-order valence-corrected chi connectivity index (χ1v) is 5.69. The van der Waals surface area contributed by atoms with Crippen LogP contribution in [0.1, 0.15) is 36.6 Å². The molecule has 0 radical (unpaired) electrons. The van der Waals surface area contributed by atoms with E-state index in [4.69, 9.17) is 10.5 Å². The number of nitrogens with zero attached hydrogens (tertiary/aromatic N) is 1. The minimum atomic E-state index is -0.243. The third kappa shape index (κ3) is 1.77. The normalized spacial score (nSPS) is 12.0. The molecule has 0 amide bonds. The molecule has 0 unspecified atom stereocenters. The highest BCUT2D eigenvalue weighted by Gasteiger charge is 2.31. The van der Waals surface area contributed by atoms with E-state index in [9.17, 15) is 0 Å². The smallest absolute Gasteiger partial charge is 0.137 e. The number of aromatic nitrogens is 1. The quantitative estimate of drug-likeness (QED) is 0.838. The molecule has 0 aromatic carbocycles. The van der Waals surface area contributed by atoms with Crippen molar-refractivity contribution in [1.29, 1.82) is 0 Å². The van der Waals surface area contributed by atoms with Gasteiger partial charge in [0.1, 0.15) is 16.4 Å². The summed E-state index contributed by atoms with van der Waals surface area (Å²) in [6.07, 6.45) is 1.85. The zero-order chi connectivity index (χ0) is 10.8. The second-order valence-corrected chi connectivity index (χ2v) is 4.57. The van der Waals surface area contributed by atoms with E-state index >= 15 is 0 Å². The zero-order valence-electron chi connectivity index (χ0n) is 9.26. The van der Waals surface area contributed by atoms with E-state index in [2.05, 4.69) is 18.8 Å². The van der Waals surface area contributed by atoms with Gasteiger partial charge in [0.25, 0.3) is 0 Å². The van der Waals surface area contributed by atoms with Crippen LogP contribution in [0.25, 0.3) is 0 Å². The molecule has 0 aliphatic rings. The van der Waals surface area contributed by atoms with Crippen LogP contribution >= 0.6 is 11.3 Å². The summed E-state index contributed by atoms with van der Waals surface area (Å²) in [5.41, 5.74) is 5.50.